The Morgan fingerprint density at radius 1 is 1.44 bits per heavy atom. The summed E-state index contributed by atoms with van der Waals surface area (Å²) in [6.45, 7) is 0.642. The van der Waals surface area contributed by atoms with Crippen molar-refractivity contribution in [2.45, 2.75) is 25.0 Å². The molecular weight excluding hydrogens is 232 g/mol. The van der Waals surface area contributed by atoms with E-state index in [9.17, 15) is 15.0 Å². The summed E-state index contributed by atoms with van der Waals surface area (Å²) in [5.41, 5.74) is 2.31. The molecular formula is C13H18N2O3. The molecule has 5 nitrogen and oxygen atoms in total. The Bertz CT molecular complexity index is 448. The first-order valence-corrected chi connectivity index (χ1v) is 6.05. The van der Waals surface area contributed by atoms with Crippen LogP contribution in [0.1, 0.15) is 23.7 Å². The van der Waals surface area contributed by atoms with Gasteiger partial charge in [-0.15, -0.1) is 0 Å². The van der Waals surface area contributed by atoms with E-state index in [4.69, 9.17) is 0 Å². The minimum atomic E-state index is -0.917. The number of hydrogen-bond donors (Lipinski definition) is 4. The van der Waals surface area contributed by atoms with Crippen LogP contribution in [0.5, 0.6) is 0 Å². The maximum Gasteiger partial charge on any atom is 0.228 e. The molecule has 1 aliphatic rings. The molecule has 4 N–H and O–H groups in total. The molecule has 18 heavy (non-hydrogen) atoms. The summed E-state index contributed by atoms with van der Waals surface area (Å²) in [7, 11) is 1.80. The first-order chi connectivity index (χ1) is 8.61. The van der Waals surface area contributed by atoms with Crippen LogP contribution >= 0.6 is 0 Å². The average molecular weight is 250 g/mol. The molecule has 2 unspecified atom stereocenters. The molecule has 2 rings (SSSR count). The van der Waals surface area contributed by atoms with E-state index in [1.807, 2.05) is 0 Å². The Kier molecular flexibility index (Phi) is 3.96. The van der Waals surface area contributed by atoms with Gasteiger partial charge in [0.25, 0.3) is 0 Å². The van der Waals surface area contributed by atoms with Crippen molar-refractivity contribution in [1.29, 1.82) is 0 Å². The standard InChI is InChI=1S/C13H18N2O3/c1-14-5-4-11(16)13(18)8-2-3-10-9(6-8)7-12(17)15-10/h2-3,6,11,13-14,16,18H,4-5,7H2,1H3,(H,15,17). The summed E-state index contributed by atoms with van der Waals surface area (Å²) < 4.78 is 0. The largest absolute Gasteiger partial charge is 0.390 e. The smallest absolute Gasteiger partial charge is 0.228 e. The number of fused-ring (bicyclic) bond motifs is 1. The highest BCUT2D eigenvalue weighted by molar-refractivity contribution is 5.99. The predicted molar refractivity (Wildman–Crippen MR) is 68.3 cm³/mol. The lowest BCUT2D eigenvalue weighted by Crippen LogP contribution is -2.23. The third-order valence-corrected chi connectivity index (χ3v) is 3.15. The topological polar surface area (TPSA) is 81.6 Å². The molecule has 0 fully saturated rings. The van der Waals surface area contributed by atoms with E-state index in [1.165, 1.54) is 0 Å². The van der Waals surface area contributed by atoms with E-state index >= 15 is 0 Å². The molecule has 0 aliphatic carbocycles. The fourth-order valence-electron chi connectivity index (χ4n) is 2.11. The predicted octanol–water partition coefficient (Wildman–Crippen LogP) is 0.185. The van der Waals surface area contributed by atoms with Gasteiger partial charge in [-0.1, -0.05) is 12.1 Å². The summed E-state index contributed by atoms with van der Waals surface area (Å²) >= 11 is 0. The van der Waals surface area contributed by atoms with E-state index < -0.39 is 12.2 Å². The normalized spacial score (nSPS) is 17.2. The lowest BCUT2D eigenvalue weighted by Gasteiger charge is -2.18. The highest BCUT2D eigenvalue weighted by atomic mass is 16.3. The second-order valence-corrected chi connectivity index (χ2v) is 4.55. The Balaban J connectivity index is 2.10. The Morgan fingerprint density at radius 2 is 2.22 bits per heavy atom. The highest BCUT2D eigenvalue weighted by Gasteiger charge is 2.22. The maximum atomic E-state index is 11.2. The first-order valence-electron chi connectivity index (χ1n) is 6.05. The molecule has 0 saturated carbocycles. The van der Waals surface area contributed by atoms with Gasteiger partial charge in [-0.05, 0) is 37.2 Å². The van der Waals surface area contributed by atoms with Crippen molar-refractivity contribution >= 4 is 11.6 Å². The van der Waals surface area contributed by atoms with E-state index in [-0.39, 0.29) is 5.91 Å². The SMILES string of the molecule is CNCCC(O)C(O)c1ccc2c(c1)CC(=O)N2. The zero-order valence-electron chi connectivity index (χ0n) is 10.3. The summed E-state index contributed by atoms with van der Waals surface area (Å²) in [6.07, 6.45) is -0.908. The van der Waals surface area contributed by atoms with Gasteiger partial charge < -0.3 is 20.8 Å². The van der Waals surface area contributed by atoms with Crippen molar-refractivity contribution in [2.24, 2.45) is 0 Å². The van der Waals surface area contributed by atoms with Crippen LogP contribution in [-0.4, -0.2) is 35.8 Å². The molecule has 98 valence electrons. The quantitative estimate of drug-likeness (QED) is 0.601. The minimum Gasteiger partial charge on any atom is -0.390 e. The number of nitrogens with one attached hydrogen (secondary N) is 2. The number of aliphatic hydroxyl groups is 2. The highest BCUT2D eigenvalue weighted by Crippen LogP contribution is 2.28. The molecule has 0 aromatic heterocycles. The molecule has 1 heterocycles. The third kappa shape index (κ3) is 2.69. The fourth-order valence-corrected chi connectivity index (χ4v) is 2.11. The third-order valence-electron chi connectivity index (χ3n) is 3.15. The number of amides is 1. The van der Waals surface area contributed by atoms with E-state index in [0.717, 1.165) is 11.3 Å². The molecule has 0 bridgehead atoms. The number of aliphatic hydroxyl groups excluding tert-OH is 2. The number of carbonyl (C=O) groups is 1. The summed E-state index contributed by atoms with van der Waals surface area (Å²) in [5, 5.41) is 25.5. The van der Waals surface area contributed by atoms with Crippen LogP contribution in [0.3, 0.4) is 0 Å². The van der Waals surface area contributed by atoms with Crippen LogP contribution in [0.4, 0.5) is 5.69 Å². The van der Waals surface area contributed by atoms with Crippen LogP contribution in [0.15, 0.2) is 18.2 Å². The molecule has 1 aromatic rings. The Hall–Kier alpha value is -1.43. The number of hydrogen-bond acceptors (Lipinski definition) is 4. The molecule has 0 saturated heterocycles. The van der Waals surface area contributed by atoms with Gasteiger partial charge in [0.1, 0.15) is 6.10 Å². The van der Waals surface area contributed by atoms with E-state index in [2.05, 4.69) is 10.6 Å². The molecule has 2 atom stereocenters. The van der Waals surface area contributed by atoms with Gasteiger partial charge >= 0.3 is 0 Å². The average Bonchev–Trinajstić information content (AvgIpc) is 2.73. The minimum absolute atomic E-state index is 0.0348. The molecule has 5 heteroatoms. The van der Waals surface area contributed by atoms with Gasteiger partial charge in [0.15, 0.2) is 0 Å². The van der Waals surface area contributed by atoms with Crippen molar-refractivity contribution in [3.8, 4) is 0 Å². The van der Waals surface area contributed by atoms with Gasteiger partial charge in [-0.2, -0.15) is 0 Å². The second-order valence-electron chi connectivity index (χ2n) is 4.55. The molecule has 1 amide bonds. The lowest BCUT2D eigenvalue weighted by molar-refractivity contribution is -0.115. The molecule has 1 aromatic carbocycles. The lowest BCUT2D eigenvalue weighted by atomic mass is 9.99. The number of rotatable bonds is 5. The zero-order valence-corrected chi connectivity index (χ0v) is 10.3. The summed E-state index contributed by atoms with van der Waals surface area (Å²) in [4.78, 5) is 11.2. The van der Waals surface area contributed by atoms with Crippen molar-refractivity contribution in [2.75, 3.05) is 18.9 Å². The van der Waals surface area contributed by atoms with Gasteiger partial charge in [0.05, 0.1) is 12.5 Å². The van der Waals surface area contributed by atoms with Gasteiger partial charge in [0, 0.05) is 5.69 Å². The van der Waals surface area contributed by atoms with Crippen molar-refractivity contribution < 1.29 is 15.0 Å². The van der Waals surface area contributed by atoms with E-state index in [0.29, 0.717) is 24.9 Å². The number of carbonyl (C=O) groups excluding carboxylic acids is 1. The molecule has 1 aliphatic heterocycles. The van der Waals surface area contributed by atoms with Crippen molar-refractivity contribution in [3.05, 3.63) is 29.3 Å². The monoisotopic (exact) mass is 250 g/mol. The zero-order chi connectivity index (χ0) is 13.1. The van der Waals surface area contributed by atoms with Crippen LogP contribution in [-0.2, 0) is 11.2 Å². The summed E-state index contributed by atoms with van der Waals surface area (Å²) in [6, 6.07) is 5.28. The number of benzene rings is 1. The van der Waals surface area contributed by atoms with Crippen LogP contribution in [0.25, 0.3) is 0 Å². The van der Waals surface area contributed by atoms with Crippen LogP contribution < -0.4 is 10.6 Å². The first kappa shape index (κ1) is 13.0. The van der Waals surface area contributed by atoms with Crippen molar-refractivity contribution in [1.82, 2.24) is 5.32 Å². The Labute approximate surface area is 106 Å². The van der Waals surface area contributed by atoms with Crippen LogP contribution in [0, 0.1) is 0 Å². The van der Waals surface area contributed by atoms with Gasteiger partial charge in [-0.3, -0.25) is 4.79 Å². The van der Waals surface area contributed by atoms with Crippen molar-refractivity contribution in [3.63, 3.8) is 0 Å². The van der Waals surface area contributed by atoms with Crippen LogP contribution in [0.2, 0.25) is 0 Å². The van der Waals surface area contributed by atoms with Gasteiger partial charge in [-0.25, -0.2) is 0 Å². The van der Waals surface area contributed by atoms with Gasteiger partial charge in [0.2, 0.25) is 5.91 Å². The van der Waals surface area contributed by atoms with E-state index in [1.54, 1.807) is 25.2 Å². The maximum absolute atomic E-state index is 11.2. The molecule has 0 spiro atoms. The fraction of sp³-hybridized carbons (Fsp3) is 0.462. The second kappa shape index (κ2) is 5.48. The molecule has 0 radical (unpaired) electrons. The number of anilines is 1. The summed E-state index contributed by atoms with van der Waals surface area (Å²) in [5.74, 6) is -0.0348. The Morgan fingerprint density at radius 3 is 2.94 bits per heavy atom.